The molecule has 0 aromatic heterocycles. The van der Waals surface area contributed by atoms with Gasteiger partial charge in [-0.15, -0.1) is 11.8 Å². The highest BCUT2D eigenvalue weighted by Gasteiger charge is 2.51. The van der Waals surface area contributed by atoms with Crippen molar-refractivity contribution < 1.29 is 99.2 Å². The van der Waals surface area contributed by atoms with Crippen LogP contribution in [0, 0.1) is 5.92 Å². The maximum atomic E-state index is 13.4. The van der Waals surface area contributed by atoms with E-state index in [-0.39, 0.29) is 6.42 Å². The molecule has 14 N–H and O–H groups in total. The van der Waals surface area contributed by atoms with Crippen LogP contribution in [-0.2, 0) is 18.9 Å². The van der Waals surface area contributed by atoms with Gasteiger partial charge in [0.25, 0.3) is 0 Å². The van der Waals surface area contributed by atoms with Crippen molar-refractivity contribution in [3.8, 4) is 0 Å². The number of hydrogen-bond acceptors (Lipinski definition) is 19. The zero-order valence-electron chi connectivity index (χ0n) is 24.1. The average Bonchev–Trinajstić information content (AvgIpc) is 3.05. The van der Waals surface area contributed by atoms with Gasteiger partial charge < -0.3 is 90.4 Å². The van der Waals surface area contributed by atoms with Gasteiger partial charge in [-0.1, -0.05) is 0 Å². The van der Waals surface area contributed by atoms with Crippen LogP contribution in [0.15, 0.2) is 0 Å². The molecule has 0 aliphatic carbocycles. The van der Waals surface area contributed by atoms with Crippen LogP contribution >= 0.6 is 11.8 Å². The first kappa shape index (κ1) is 39.9. The molecule has 4 heterocycles. The van der Waals surface area contributed by atoms with Gasteiger partial charge >= 0.3 is 0 Å². The second-order valence-electron chi connectivity index (χ2n) is 11.4. The molecule has 0 bridgehead atoms. The summed E-state index contributed by atoms with van der Waals surface area (Å²) in [6.07, 6.45) is -26.4. The highest BCUT2D eigenvalue weighted by Crippen LogP contribution is 2.38. The molecule has 46 heavy (non-hydrogen) atoms. The Labute approximate surface area is 265 Å². The molecular formula is C25H44F2O18S. The molecule has 20 atom stereocenters. The van der Waals surface area contributed by atoms with Crippen molar-refractivity contribution in [3.05, 3.63) is 0 Å². The van der Waals surface area contributed by atoms with Crippen LogP contribution in [0.2, 0.25) is 0 Å². The molecule has 8 unspecified atom stereocenters. The number of ether oxygens (including phenoxy) is 4. The summed E-state index contributed by atoms with van der Waals surface area (Å²) >= 11 is 0.705. The molecule has 0 spiro atoms. The van der Waals surface area contributed by atoms with Gasteiger partial charge in [0.2, 0.25) is 12.7 Å². The van der Waals surface area contributed by atoms with E-state index in [4.69, 9.17) is 29.2 Å². The maximum Gasteiger partial charge on any atom is 0.228 e. The molecule has 0 saturated carbocycles. The molecule has 272 valence electrons. The van der Waals surface area contributed by atoms with Crippen molar-refractivity contribution in [1.82, 2.24) is 0 Å². The van der Waals surface area contributed by atoms with E-state index < -0.39 is 147 Å². The topological polar surface area (TPSA) is 320 Å². The molecule has 0 aromatic carbocycles. The molecule has 0 amide bonds. The average molecular weight is 703 g/mol. The summed E-state index contributed by atoms with van der Waals surface area (Å²) in [5.74, 6) is -0.983. The summed E-state index contributed by atoms with van der Waals surface area (Å²) in [4.78, 5) is 0. The van der Waals surface area contributed by atoms with Crippen molar-refractivity contribution in [3.63, 3.8) is 0 Å². The smallest absolute Gasteiger partial charge is 0.228 e. The number of rotatable bonds is 8. The molecule has 18 nitrogen and oxygen atoms in total. The second kappa shape index (κ2) is 17.4. The van der Waals surface area contributed by atoms with Crippen molar-refractivity contribution in [1.29, 1.82) is 0 Å². The predicted octanol–water partition coefficient (Wildman–Crippen LogP) is -7.46. The first-order chi connectivity index (χ1) is 21.6. The molecule has 4 rings (SSSR count). The fourth-order valence-corrected chi connectivity index (χ4v) is 7.12. The number of aliphatic hydroxyl groups is 14. The minimum atomic E-state index is -2.17. The van der Waals surface area contributed by atoms with Crippen LogP contribution in [0.4, 0.5) is 8.78 Å². The van der Waals surface area contributed by atoms with Crippen molar-refractivity contribution in [2.45, 2.75) is 121 Å². The zero-order valence-corrected chi connectivity index (χ0v) is 25.0. The largest absolute Gasteiger partial charge is 0.394 e. The normalized spacial score (nSPS) is 51.7. The van der Waals surface area contributed by atoms with Gasteiger partial charge in [-0.05, 0) is 6.42 Å². The molecule has 4 saturated heterocycles. The quantitative estimate of drug-likeness (QED) is 0.112. The number of alkyl halides is 2. The monoisotopic (exact) mass is 702 g/mol. The predicted molar refractivity (Wildman–Crippen MR) is 145 cm³/mol. The third-order valence-corrected chi connectivity index (χ3v) is 10.0. The Hall–Kier alpha value is -0.510. The molecule has 4 fully saturated rings. The van der Waals surface area contributed by atoms with E-state index in [1.54, 1.807) is 0 Å². The van der Waals surface area contributed by atoms with Gasteiger partial charge in [-0.3, -0.25) is 0 Å². The number of halogens is 2. The van der Waals surface area contributed by atoms with E-state index in [1.165, 1.54) is 0 Å². The summed E-state index contributed by atoms with van der Waals surface area (Å²) in [6, 6.07) is 0. The number of thioether (sulfide) groups is 1. The van der Waals surface area contributed by atoms with Crippen molar-refractivity contribution in [2.75, 3.05) is 26.4 Å². The highest BCUT2D eigenvalue weighted by molar-refractivity contribution is 8.00. The van der Waals surface area contributed by atoms with Gasteiger partial charge in [0.15, 0.2) is 0 Å². The highest BCUT2D eigenvalue weighted by atomic mass is 32.2. The Morgan fingerprint density at radius 3 is 1.37 bits per heavy atom. The summed E-state index contributed by atoms with van der Waals surface area (Å²) in [6.45, 7) is -2.51. The van der Waals surface area contributed by atoms with Crippen LogP contribution in [0.25, 0.3) is 0 Å². The lowest BCUT2D eigenvalue weighted by Gasteiger charge is -2.45. The van der Waals surface area contributed by atoms with Crippen LogP contribution in [0.1, 0.15) is 6.42 Å². The van der Waals surface area contributed by atoms with Gasteiger partial charge in [0.05, 0.1) is 62.2 Å². The fourth-order valence-electron chi connectivity index (χ4n) is 5.63. The Kier molecular flexibility index (Phi) is 15.1. The van der Waals surface area contributed by atoms with E-state index >= 15 is 0 Å². The molecule has 4 aliphatic heterocycles. The molecule has 4 aliphatic rings. The van der Waals surface area contributed by atoms with E-state index in [0.717, 1.165) is 0 Å². The summed E-state index contributed by atoms with van der Waals surface area (Å²) in [5, 5.41) is 134. The minimum absolute atomic E-state index is 0.197. The van der Waals surface area contributed by atoms with Crippen LogP contribution in [0.3, 0.4) is 0 Å². The summed E-state index contributed by atoms with van der Waals surface area (Å²) < 4.78 is 46.9. The molecule has 21 heteroatoms. The van der Waals surface area contributed by atoms with Gasteiger partial charge in [-0.2, -0.15) is 0 Å². The van der Waals surface area contributed by atoms with Gasteiger partial charge in [0, 0.05) is 5.92 Å². The SMILES string of the molecule is OCC1O[C@H](C[C@@H]2C(CO)O[C@H](F)C(O)[C@H]2O)C(O)[C@@H](O)[C@@H]1O.OCC1O[C@H](S[C@@H]2C(CO)O[C@H](F)C(O)[C@H]2O)C(O)[C@@H](O)[C@@H]1O. The second-order valence-corrected chi connectivity index (χ2v) is 12.7. The zero-order chi connectivity index (χ0) is 34.6. The summed E-state index contributed by atoms with van der Waals surface area (Å²) in [5.41, 5.74) is -1.20. The first-order valence-electron chi connectivity index (χ1n) is 14.4. The Bertz CT molecular complexity index is 841. The minimum Gasteiger partial charge on any atom is -0.394 e. The number of hydrogen-bond donors (Lipinski definition) is 14. The standard InChI is InChI=1S/C13H23FO9.C12H21FO9S/c14-13-12(21)8(17)4(6(2-15)23-13)1-5-9(18)11(20)10(19)7(3-16)22-5;13-11-8(19)7(18)10(4(2-15)21-11)23-12-9(20)6(17)5(16)3(1-14)22-12/h4-13,15-21H,1-3H2;3-12,14-20H,1-2H2/t4-,5-,6?,7?,8+,9?,10-,11-,12?,13+;3?,4?,5-,6+,7-,8?,9?,10-,11+,12-/m11/s1. The van der Waals surface area contributed by atoms with Crippen molar-refractivity contribution >= 4 is 11.8 Å². The Balaban J connectivity index is 0.000000250. The maximum absolute atomic E-state index is 13.4. The Morgan fingerprint density at radius 1 is 0.413 bits per heavy atom. The molecule has 0 radical (unpaired) electrons. The van der Waals surface area contributed by atoms with Gasteiger partial charge in [0.1, 0.15) is 66.5 Å². The van der Waals surface area contributed by atoms with Crippen LogP contribution in [-0.4, -0.2) is 213 Å². The van der Waals surface area contributed by atoms with Crippen LogP contribution in [0.5, 0.6) is 0 Å². The first-order valence-corrected chi connectivity index (χ1v) is 15.4. The van der Waals surface area contributed by atoms with E-state index in [1.807, 2.05) is 0 Å². The lowest BCUT2D eigenvalue weighted by molar-refractivity contribution is -0.267. The molecule has 0 aromatic rings. The third-order valence-electron chi connectivity index (χ3n) is 8.46. The third kappa shape index (κ3) is 8.61. The van der Waals surface area contributed by atoms with Crippen LogP contribution < -0.4 is 0 Å². The lowest BCUT2D eigenvalue weighted by atomic mass is 9.81. The molecular weight excluding hydrogens is 658 g/mol. The van der Waals surface area contributed by atoms with Crippen molar-refractivity contribution in [2.24, 2.45) is 5.92 Å². The van der Waals surface area contributed by atoms with E-state index in [9.17, 15) is 70.1 Å². The van der Waals surface area contributed by atoms with Gasteiger partial charge in [-0.25, -0.2) is 8.78 Å². The summed E-state index contributed by atoms with van der Waals surface area (Å²) in [7, 11) is 0. The van der Waals surface area contributed by atoms with E-state index in [0.29, 0.717) is 11.8 Å². The Morgan fingerprint density at radius 2 is 0.848 bits per heavy atom. The number of aliphatic hydroxyl groups excluding tert-OH is 14. The van der Waals surface area contributed by atoms with E-state index in [2.05, 4.69) is 0 Å². The fraction of sp³-hybridized carbons (Fsp3) is 1.00. The lowest BCUT2D eigenvalue weighted by Crippen LogP contribution is -2.61.